The molecule has 1 aromatic heterocycles. The molecule has 4 nitrogen and oxygen atoms in total. The zero-order valence-electron chi connectivity index (χ0n) is 17.7. The summed E-state index contributed by atoms with van der Waals surface area (Å²) < 4.78 is 39.4. The van der Waals surface area contributed by atoms with E-state index in [9.17, 15) is 12.8 Å². The smallest absolute Gasteiger partial charge is 0.185 e. The standard InChI is InChI=1S/C23H24ClFN2O2S2/c1-14-10-15(2)22(16(3)11-14)21-13-30-23(26-21)27-8-6-17(7-9-27)31(28,29)18-4-5-20(25)19(24)12-18/h4-5,10-13,17H,6-9H2,1-3H3. The maximum atomic E-state index is 13.4. The first-order valence-electron chi connectivity index (χ1n) is 10.1. The molecule has 4 rings (SSSR count). The van der Waals surface area contributed by atoms with Gasteiger partial charge in [-0.1, -0.05) is 29.3 Å². The number of thiazole rings is 1. The number of sulfone groups is 1. The minimum Gasteiger partial charge on any atom is -0.348 e. The van der Waals surface area contributed by atoms with E-state index >= 15 is 0 Å². The fourth-order valence-electron chi connectivity index (χ4n) is 4.31. The van der Waals surface area contributed by atoms with Crippen LogP contribution >= 0.6 is 22.9 Å². The van der Waals surface area contributed by atoms with Crippen molar-refractivity contribution in [3.63, 3.8) is 0 Å². The number of rotatable bonds is 4. The van der Waals surface area contributed by atoms with Gasteiger partial charge in [0, 0.05) is 24.0 Å². The summed E-state index contributed by atoms with van der Waals surface area (Å²) in [6.45, 7) is 7.52. The summed E-state index contributed by atoms with van der Waals surface area (Å²) in [6.07, 6.45) is 0.990. The van der Waals surface area contributed by atoms with Crippen LogP contribution in [0, 0.1) is 26.6 Å². The molecule has 1 saturated heterocycles. The Bertz CT molecular complexity index is 1210. The van der Waals surface area contributed by atoms with Crippen molar-refractivity contribution in [1.82, 2.24) is 4.98 Å². The average molecular weight is 479 g/mol. The third kappa shape index (κ3) is 4.36. The van der Waals surface area contributed by atoms with Crippen molar-refractivity contribution < 1.29 is 12.8 Å². The number of hydrogen-bond acceptors (Lipinski definition) is 5. The van der Waals surface area contributed by atoms with Gasteiger partial charge in [-0.25, -0.2) is 17.8 Å². The Kier molecular flexibility index (Phi) is 6.12. The number of piperidine rings is 1. The highest BCUT2D eigenvalue weighted by molar-refractivity contribution is 7.92. The first kappa shape index (κ1) is 22.2. The van der Waals surface area contributed by atoms with Gasteiger partial charge in [0.05, 0.1) is 20.9 Å². The molecule has 2 heterocycles. The minimum absolute atomic E-state index is 0.0826. The van der Waals surface area contributed by atoms with Gasteiger partial charge in [0.1, 0.15) is 5.82 Å². The van der Waals surface area contributed by atoms with Crippen LogP contribution < -0.4 is 4.90 Å². The van der Waals surface area contributed by atoms with E-state index in [1.807, 2.05) is 0 Å². The normalized spacial score (nSPS) is 15.5. The highest BCUT2D eigenvalue weighted by atomic mass is 35.5. The predicted octanol–water partition coefficient (Wildman–Crippen LogP) is 5.97. The van der Waals surface area contributed by atoms with Gasteiger partial charge >= 0.3 is 0 Å². The maximum absolute atomic E-state index is 13.4. The molecule has 0 radical (unpaired) electrons. The van der Waals surface area contributed by atoms with Crippen LogP contribution in [-0.2, 0) is 9.84 Å². The maximum Gasteiger partial charge on any atom is 0.185 e. The SMILES string of the molecule is Cc1cc(C)c(-c2csc(N3CCC(S(=O)(=O)c4ccc(F)c(Cl)c4)CC3)n2)c(C)c1. The van der Waals surface area contributed by atoms with Gasteiger partial charge < -0.3 is 4.90 Å². The van der Waals surface area contributed by atoms with Crippen LogP contribution in [-0.4, -0.2) is 31.7 Å². The Morgan fingerprint density at radius 1 is 1.10 bits per heavy atom. The molecule has 1 fully saturated rings. The summed E-state index contributed by atoms with van der Waals surface area (Å²) in [6, 6.07) is 7.94. The third-order valence-corrected chi connectivity index (χ3v) is 9.25. The topological polar surface area (TPSA) is 50.3 Å². The molecule has 3 aromatic rings. The molecular formula is C23H24ClFN2O2S2. The molecule has 0 N–H and O–H groups in total. The molecule has 164 valence electrons. The molecule has 2 aromatic carbocycles. The first-order chi connectivity index (χ1) is 14.7. The number of nitrogens with zero attached hydrogens (tertiary/aromatic N) is 2. The summed E-state index contributed by atoms with van der Waals surface area (Å²) in [5.41, 5.74) is 5.78. The van der Waals surface area contributed by atoms with E-state index in [0.717, 1.165) is 16.9 Å². The van der Waals surface area contributed by atoms with Gasteiger partial charge in [-0.3, -0.25) is 0 Å². The largest absolute Gasteiger partial charge is 0.348 e. The number of benzene rings is 2. The molecule has 1 aliphatic heterocycles. The Morgan fingerprint density at radius 2 is 1.74 bits per heavy atom. The molecular weight excluding hydrogens is 455 g/mol. The van der Waals surface area contributed by atoms with Gasteiger partial charge in [-0.15, -0.1) is 11.3 Å². The average Bonchev–Trinajstić information content (AvgIpc) is 3.19. The van der Waals surface area contributed by atoms with Crippen molar-refractivity contribution in [3.8, 4) is 11.3 Å². The number of aryl methyl sites for hydroxylation is 3. The lowest BCUT2D eigenvalue weighted by Gasteiger charge is -2.31. The minimum atomic E-state index is -3.55. The summed E-state index contributed by atoms with van der Waals surface area (Å²) in [4.78, 5) is 7.09. The fourth-order valence-corrected chi connectivity index (χ4v) is 7.18. The van der Waals surface area contributed by atoms with Gasteiger partial charge in [0.15, 0.2) is 15.0 Å². The van der Waals surface area contributed by atoms with Crippen LogP contribution in [0.15, 0.2) is 40.6 Å². The zero-order chi connectivity index (χ0) is 22.3. The summed E-state index contributed by atoms with van der Waals surface area (Å²) in [5, 5.41) is 2.31. The second-order valence-corrected chi connectivity index (χ2v) is 11.6. The van der Waals surface area contributed by atoms with E-state index in [1.54, 1.807) is 11.3 Å². The van der Waals surface area contributed by atoms with E-state index in [1.165, 1.54) is 34.4 Å². The van der Waals surface area contributed by atoms with Crippen molar-refractivity contribution >= 4 is 37.9 Å². The number of aromatic nitrogens is 1. The van der Waals surface area contributed by atoms with Gasteiger partial charge in [0.25, 0.3) is 0 Å². The Balaban J connectivity index is 1.49. The zero-order valence-corrected chi connectivity index (χ0v) is 20.0. The molecule has 8 heteroatoms. The van der Waals surface area contributed by atoms with Crippen LogP contribution in [0.2, 0.25) is 5.02 Å². The predicted molar refractivity (Wildman–Crippen MR) is 126 cm³/mol. The van der Waals surface area contributed by atoms with Crippen LogP contribution in [0.25, 0.3) is 11.3 Å². The van der Waals surface area contributed by atoms with Gasteiger partial charge in [0.2, 0.25) is 0 Å². The summed E-state index contributed by atoms with van der Waals surface area (Å²) in [7, 11) is -3.55. The second-order valence-electron chi connectivity index (χ2n) is 8.10. The lowest BCUT2D eigenvalue weighted by Crippen LogP contribution is -2.39. The molecule has 0 bridgehead atoms. The van der Waals surface area contributed by atoms with E-state index in [2.05, 4.69) is 43.2 Å². The molecule has 0 amide bonds. The van der Waals surface area contributed by atoms with Crippen LogP contribution in [0.4, 0.5) is 9.52 Å². The van der Waals surface area contributed by atoms with Crippen LogP contribution in [0.1, 0.15) is 29.5 Å². The molecule has 0 spiro atoms. The second kappa shape index (κ2) is 8.52. The van der Waals surface area contributed by atoms with Crippen molar-refractivity contribution in [1.29, 1.82) is 0 Å². The monoisotopic (exact) mass is 478 g/mol. The number of hydrogen-bond donors (Lipinski definition) is 0. The highest BCUT2D eigenvalue weighted by Gasteiger charge is 2.32. The van der Waals surface area contributed by atoms with Gasteiger partial charge in [-0.05, 0) is 62.9 Å². The fraction of sp³-hybridized carbons (Fsp3) is 0.348. The molecule has 0 atom stereocenters. The Hall–Kier alpha value is -1.96. The molecule has 31 heavy (non-hydrogen) atoms. The lowest BCUT2D eigenvalue weighted by atomic mass is 9.98. The first-order valence-corrected chi connectivity index (χ1v) is 12.9. The molecule has 0 saturated carbocycles. The van der Waals surface area contributed by atoms with E-state index in [0.29, 0.717) is 25.9 Å². The summed E-state index contributed by atoms with van der Waals surface area (Å²) >= 11 is 7.38. The van der Waals surface area contributed by atoms with Crippen molar-refractivity contribution in [2.75, 3.05) is 18.0 Å². The number of anilines is 1. The summed E-state index contributed by atoms with van der Waals surface area (Å²) in [5.74, 6) is -0.617. The van der Waals surface area contributed by atoms with Crippen LogP contribution in [0.3, 0.4) is 0 Å². The van der Waals surface area contributed by atoms with E-state index < -0.39 is 20.9 Å². The lowest BCUT2D eigenvalue weighted by molar-refractivity contribution is 0.529. The highest BCUT2D eigenvalue weighted by Crippen LogP contribution is 2.34. The molecule has 1 aliphatic rings. The van der Waals surface area contributed by atoms with Crippen molar-refractivity contribution in [3.05, 3.63) is 63.2 Å². The van der Waals surface area contributed by atoms with Crippen molar-refractivity contribution in [2.45, 2.75) is 43.8 Å². The van der Waals surface area contributed by atoms with Gasteiger partial charge in [-0.2, -0.15) is 0 Å². The quantitative estimate of drug-likeness (QED) is 0.433. The number of halogens is 2. The van der Waals surface area contributed by atoms with Crippen molar-refractivity contribution in [2.24, 2.45) is 0 Å². The third-order valence-electron chi connectivity index (χ3n) is 5.80. The molecule has 0 aliphatic carbocycles. The van der Waals surface area contributed by atoms with E-state index in [4.69, 9.17) is 16.6 Å². The van der Waals surface area contributed by atoms with E-state index in [-0.39, 0.29) is 9.92 Å². The Morgan fingerprint density at radius 3 is 2.35 bits per heavy atom. The van der Waals surface area contributed by atoms with Crippen LogP contribution in [0.5, 0.6) is 0 Å². The molecule has 0 unspecified atom stereocenters. The Labute approximate surface area is 191 Å².